The molecule has 1 N–H and O–H groups in total. The summed E-state index contributed by atoms with van der Waals surface area (Å²) >= 11 is 0. The number of piperidine rings is 1. The Bertz CT molecular complexity index is 2470. The van der Waals surface area contributed by atoms with Crippen molar-refractivity contribution in [2.45, 2.75) is 96.2 Å². The number of aromatic nitrogens is 3. The molecule has 2 atom stereocenters. The average molecular weight is 909 g/mol. The molecule has 2 aliphatic heterocycles. The Morgan fingerprint density at radius 1 is 0.877 bits per heavy atom. The van der Waals surface area contributed by atoms with Crippen molar-refractivity contribution in [3.05, 3.63) is 83.6 Å². The molecule has 4 heterocycles. The number of aliphatic hydroxyl groups is 1. The number of β-amino-alcohol motifs (C(OH)–C–C–N with tert-alkyl or cyclic N) is 1. The van der Waals surface area contributed by atoms with Crippen LogP contribution in [0.4, 0.5) is 14.6 Å². The Morgan fingerprint density at radius 2 is 1.58 bits per heavy atom. The molecule has 14 heteroatoms. The third kappa shape index (κ3) is 10.8. The van der Waals surface area contributed by atoms with Crippen molar-refractivity contribution >= 4 is 35.6 Å². The minimum absolute atomic E-state index is 0.0185. The van der Waals surface area contributed by atoms with Crippen molar-refractivity contribution in [1.82, 2.24) is 24.8 Å². The number of halogens is 2. The fourth-order valence-electron chi connectivity index (χ4n) is 10.1. The SMILES string of the molecule is COCOc1cc(-c2ncc3c(N4CCC[C@@](C)(O)C4)nc(OC[C@@H](CN4CCN(Cc5ccccc5)CC4)OC)nc3c2F)c2c(C#C[Si](C(C)C)(C(C)C)C(C)C)c(F)ccc2c1. The number of nitrogens with zero attached hydrogens (tertiary/aromatic N) is 6. The molecule has 11 nitrogen and oxygen atoms in total. The van der Waals surface area contributed by atoms with E-state index in [0.717, 1.165) is 32.7 Å². The summed E-state index contributed by atoms with van der Waals surface area (Å²) in [7, 11) is 0.873. The van der Waals surface area contributed by atoms with Crippen LogP contribution in [0.25, 0.3) is 32.9 Å². The number of hydrogen-bond acceptors (Lipinski definition) is 11. The van der Waals surface area contributed by atoms with Crippen molar-refractivity contribution < 1.29 is 32.8 Å². The Balaban J connectivity index is 1.28. The predicted molar refractivity (Wildman–Crippen MR) is 257 cm³/mol. The molecule has 0 amide bonds. The van der Waals surface area contributed by atoms with Gasteiger partial charge in [0.25, 0.3) is 0 Å². The van der Waals surface area contributed by atoms with E-state index in [9.17, 15) is 5.11 Å². The Kier molecular flexibility index (Phi) is 15.4. The van der Waals surface area contributed by atoms with Gasteiger partial charge >= 0.3 is 6.01 Å². The van der Waals surface area contributed by atoms with Crippen LogP contribution < -0.4 is 14.4 Å². The molecular weight excluding hydrogens is 843 g/mol. The largest absolute Gasteiger partial charge is 0.468 e. The van der Waals surface area contributed by atoms with Gasteiger partial charge in [0.2, 0.25) is 0 Å². The molecule has 0 radical (unpaired) electrons. The van der Waals surface area contributed by atoms with E-state index in [4.69, 9.17) is 33.9 Å². The minimum atomic E-state index is -2.31. The standard InChI is InChI=1S/C51H66F2N6O5Si/c1-34(2)65(35(3)4,36(5)6)25-18-41-44(52)17-16-38-26-39(64-33-61-8)27-42(45(38)41)47-46(53)48-43(28-54-47)49(59-20-13-19-51(7,60)32-59)56-50(55-48)63-31-40(62-9)30-58-23-21-57(22-24-58)29-37-14-11-10-12-15-37/h10-12,14-17,26-28,34-36,40,60H,13,19-24,29-33H2,1-9H3/t40-,51-/m1/s1. The number of anilines is 1. The number of piperazine rings is 1. The highest BCUT2D eigenvalue weighted by Gasteiger charge is 2.42. The van der Waals surface area contributed by atoms with Gasteiger partial charge in [-0.1, -0.05) is 83.9 Å². The lowest BCUT2D eigenvalue weighted by molar-refractivity contribution is 0.0133. The summed E-state index contributed by atoms with van der Waals surface area (Å²) in [6.45, 7) is 21.2. The molecule has 2 saturated heterocycles. The van der Waals surface area contributed by atoms with Crippen LogP contribution >= 0.6 is 0 Å². The normalized spacial score (nSPS) is 18.2. The molecule has 0 saturated carbocycles. The Labute approximate surface area is 384 Å². The van der Waals surface area contributed by atoms with Crippen LogP contribution in [0.3, 0.4) is 0 Å². The number of benzene rings is 3. The zero-order valence-corrected chi connectivity index (χ0v) is 40.6. The van der Waals surface area contributed by atoms with Crippen LogP contribution in [-0.4, -0.2) is 123 Å². The monoisotopic (exact) mass is 908 g/mol. The van der Waals surface area contributed by atoms with Crippen molar-refractivity contribution in [2.24, 2.45) is 0 Å². The van der Waals surface area contributed by atoms with E-state index in [0.29, 0.717) is 75.8 Å². The van der Waals surface area contributed by atoms with Gasteiger partial charge in [-0.2, -0.15) is 9.97 Å². The summed E-state index contributed by atoms with van der Waals surface area (Å²) in [5, 5.41) is 12.6. The van der Waals surface area contributed by atoms with Gasteiger partial charge in [-0.05, 0) is 65.5 Å². The maximum absolute atomic E-state index is 17.7. The van der Waals surface area contributed by atoms with Crippen LogP contribution in [0.5, 0.6) is 11.8 Å². The lowest BCUT2D eigenvalue weighted by Gasteiger charge is -2.38. The molecular formula is C51H66F2N6O5Si. The first-order valence-corrected chi connectivity index (χ1v) is 25.3. The smallest absolute Gasteiger partial charge is 0.319 e. The molecule has 0 bridgehead atoms. The number of fused-ring (bicyclic) bond motifs is 2. The summed E-state index contributed by atoms with van der Waals surface area (Å²) in [5.41, 5.74) is 5.35. The lowest BCUT2D eigenvalue weighted by atomic mass is 9.94. The number of pyridine rings is 1. The second kappa shape index (κ2) is 20.8. The Hall–Kier alpha value is -4.75. The van der Waals surface area contributed by atoms with Gasteiger partial charge in [0.05, 0.1) is 16.6 Å². The van der Waals surface area contributed by atoms with Crippen LogP contribution in [0, 0.1) is 23.1 Å². The Morgan fingerprint density at radius 3 is 2.25 bits per heavy atom. The number of methoxy groups -OCH3 is 2. The molecule has 7 rings (SSSR count). The summed E-state index contributed by atoms with van der Waals surface area (Å²) in [4.78, 5) is 21.1. The highest BCUT2D eigenvalue weighted by Crippen LogP contribution is 2.43. The van der Waals surface area contributed by atoms with Gasteiger partial charge in [0.1, 0.15) is 49.4 Å². The highest BCUT2D eigenvalue weighted by atomic mass is 28.3. The van der Waals surface area contributed by atoms with Crippen LogP contribution in [0.15, 0.2) is 60.8 Å². The first kappa shape index (κ1) is 48.2. The molecule has 2 aromatic heterocycles. The first-order valence-electron chi connectivity index (χ1n) is 23.0. The fraction of sp³-hybridized carbons (Fsp3) is 0.510. The summed E-state index contributed by atoms with van der Waals surface area (Å²) in [6, 6.07) is 17.0. The molecule has 348 valence electrons. The van der Waals surface area contributed by atoms with Gasteiger partial charge in [-0.15, -0.1) is 5.54 Å². The molecule has 0 aliphatic carbocycles. The second-order valence-electron chi connectivity index (χ2n) is 19.0. The zero-order valence-electron chi connectivity index (χ0n) is 39.6. The van der Waals surface area contributed by atoms with Crippen molar-refractivity contribution in [1.29, 1.82) is 0 Å². The third-order valence-corrected chi connectivity index (χ3v) is 19.7. The van der Waals surface area contributed by atoms with E-state index in [2.05, 4.69) is 87.1 Å². The van der Waals surface area contributed by atoms with Gasteiger partial charge in [0.15, 0.2) is 12.6 Å². The minimum Gasteiger partial charge on any atom is -0.468 e. The molecule has 3 aromatic carbocycles. The molecule has 0 unspecified atom stereocenters. The van der Waals surface area contributed by atoms with E-state index in [1.165, 1.54) is 18.7 Å². The van der Waals surface area contributed by atoms with Crippen LogP contribution in [0.1, 0.15) is 72.4 Å². The number of ether oxygens (including phenoxy) is 4. The summed E-state index contributed by atoms with van der Waals surface area (Å²) in [5.74, 6) is 2.90. The van der Waals surface area contributed by atoms with E-state index in [-0.39, 0.29) is 48.8 Å². The van der Waals surface area contributed by atoms with Crippen molar-refractivity contribution in [3.8, 4) is 34.5 Å². The van der Waals surface area contributed by atoms with Gasteiger partial charge < -0.3 is 29.0 Å². The average Bonchev–Trinajstić information content (AvgIpc) is 3.28. The summed E-state index contributed by atoms with van der Waals surface area (Å²) in [6.07, 6.45) is 2.57. The first-order chi connectivity index (χ1) is 31.1. The van der Waals surface area contributed by atoms with E-state index >= 15 is 8.78 Å². The van der Waals surface area contributed by atoms with E-state index in [1.807, 2.05) is 11.0 Å². The number of hydrogen-bond donors (Lipinski definition) is 1. The molecule has 5 aromatic rings. The van der Waals surface area contributed by atoms with Gasteiger partial charge in [-0.25, -0.2) is 8.78 Å². The topological polar surface area (TPSA) is 106 Å². The van der Waals surface area contributed by atoms with E-state index < -0.39 is 25.3 Å². The quantitative estimate of drug-likeness (QED) is 0.0582. The zero-order chi connectivity index (χ0) is 46.5. The van der Waals surface area contributed by atoms with E-state index in [1.54, 1.807) is 38.4 Å². The van der Waals surface area contributed by atoms with Crippen LogP contribution in [-0.2, 0) is 16.0 Å². The maximum atomic E-state index is 17.7. The third-order valence-electron chi connectivity index (χ3n) is 13.4. The number of rotatable bonds is 16. The second-order valence-corrected chi connectivity index (χ2v) is 24.5. The summed E-state index contributed by atoms with van der Waals surface area (Å²) < 4.78 is 57.4. The van der Waals surface area contributed by atoms with Gasteiger partial charge in [0, 0.05) is 83.7 Å². The predicted octanol–water partition coefficient (Wildman–Crippen LogP) is 9.24. The van der Waals surface area contributed by atoms with Crippen LogP contribution in [0.2, 0.25) is 16.6 Å². The molecule has 2 fully saturated rings. The highest BCUT2D eigenvalue weighted by molar-refractivity contribution is 6.90. The molecule has 0 spiro atoms. The molecule has 65 heavy (non-hydrogen) atoms. The maximum Gasteiger partial charge on any atom is 0.319 e. The van der Waals surface area contributed by atoms with Gasteiger partial charge in [-0.3, -0.25) is 14.8 Å². The lowest BCUT2D eigenvalue weighted by Crippen LogP contribution is -2.49. The fourth-order valence-corrected chi connectivity index (χ4v) is 15.3. The molecule has 2 aliphatic rings. The van der Waals surface area contributed by atoms with Crippen molar-refractivity contribution in [2.75, 3.05) is 78.3 Å². The van der Waals surface area contributed by atoms with Crippen molar-refractivity contribution in [3.63, 3.8) is 0 Å².